The van der Waals surface area contributed by atoms with Crippen molar-refractivity contribution in [1.29, 1.82) is 0 Å². The highest BCUT2D eigenvalue weighted by Crippen LogP contribution is 2.22. The number of carbonyl (C=O) groups is 1. The molecule has 94 valence electrons. The molecule has 0 aliphatic carbocycles. The van der Waals surface area contributed by atoms with Crippen molar-refractivity contribution < 1.29 is 4.79 Å². The van der Waals surface area contributed by atoms with Gasteiger partial charge in [-0.25, -0.2) is 0 Å². The van der Waals surface area contributed by atoms with Crippen LogP contribution >= 0.6 is 0 Å². The zero-order valence-corrected chi connectivity index (χ0v) is 11.3. The monoisotopic (exact) mass is 226 g/mol. The summed E-state index contributed by atoms with van der Waals surface area (Å²) < 4.78 is 0. The molecule has 1 aliphatic heterocycles. The molecule has 1 N–H and O–H groups in total. The number of hydrogen-bond acceptors (Lipinski definition) is 2. The summed E-state index contributed by atoms with van der Waals surface area (Å²) in [5.74, 6) is 0.745. The second kappa shape index (κ2) is 5.17. The first-order valence-corrected chi connectivity index (χ1v) is 6.41. The molecule has 3 nitrogen and oxygen atoms in total. The Morgan fingerprint density at radius 1 is 1.31 bits per heavy atom. The third kappa shape index (κ3) is 2.76. The van der Waals surface area contributed by atoms with Crippen LogP contribution in [-0.4, -0.2) is 36.0 Å². The minimum atomic E-state index is -0.337. The summed E-state index contributed by atoms with van der Waals surface area (Å²) in [6.07, 6.45) is 3.30. The lowest BCUT2D eigenvalue weighted by Crippen LogP contribution is -2.59. The number of rotatable bonds is 3. The highest BCUT2D eigenvalue weighted by Gasteiger charge is 2.37. The molecule has 3 heteroatoms. The third-order valence-electron chi connectivity index (χ3n) is 3.99. The maximum absolute atomic E-state index is 12.4. The molecule has 1 heterocycles. The topological polar surface area (TPSA) is 32.3 Å². The molecular weight excluding hydrogens is 200 g/mol. The van der Waals surface area contributed by atoms with Crippen molar-refractivity contribution in [2.24, 2.45) is 5.92 Å². The van der Waals surface area contributed by atoms with E-state index in [2.05, 4.69) is 26.1 Å². The summed E-state index contributed by atoms with van der Waals surface area (Å²) in [5.41, 5.74) is -0.337. The van der Waals surface area contributed by atoms with Gasteiger partial charge in [0.15, 0.2) is 0 Å². The van der Waals surface area contributed by atoms with E-state index in [-0.39, 0.29) is 11.4 Å². The molecule has 1 rings (SSSR count). The lowest BCUT2D eigenvalue weighted by atomic mass is 9.88. The summed E-state index contributed by atoms with van der Waals surface area (Å²) in [4.78, 5) is 14.3. The molecule has 1 fully saturated rings. The normalized spacial score (nSPS) is 27.9. The fourth-order valence-corrected chi connectivity index (χ4v) is 2.26. The van der Waals surface area contributed by atoms with Gasteiger partial charge in [0.25, 0.3) is 0 Å². The second-order valence-electron chi connectivity index (χ2n) is 5.62. The number of nitrogens with zero attached hydrogens (tertiary/aromatic N) is 1. The van der Waals surface area contributed by atoms with Gasteiger partial charge in [-0.3, -0.25) is 4.79 Å². The van der Waals surface area contributed by atoms with E-state index >= 15 is 0 Å². The van der Waals surface area contributed by atoms with E-state index in [1.807, 2.05) is 18.9 Å². The summed E-state index contributed by atoms with van der Waals surface area (Å²) in [6.45, 7) is 9.44. The number of likely N-dealkylation sites (N-methyl/N-ethyl adjacent to an activating group) is 1. The Hall–Kier alpha value is -0.570. The SMILES string of the molecule is CC(C)C(C)N(C)C(=O)C1(C)CCCCN1. The van der Waals surface area contributed by atoms with E-state index in [9.17, 15) is 4.79 Å². The smallest absolute Gasteiger partial charge is 0.242 e. The standard InChI is InChI=1S/C13H26N2O/c1-10(2)11(3)15(5)12(16)13(4)8-6-7-9-14-13/h10-11,14H,6-9H2,1-5H3. The first-order valence-electron chi connectivity index (χ1n) is 6.41. The van der Waals surface area contributed by atoms with Crippen molar-refractivity contribution in [2.45, 2.75) is 58.5 Å². The number of nitrogens with one attached hydrogen (secondary N) is 1. The minimum absolute atomic E-state index is 0.244. The summed E-state index contributed by atoms with van der Waals surface area (Å²) in [7, 11) is 1.93. The molecule has 0 saturated carbocycles. The predicted octanol–water partition coefficient (Wildman–Crippen LogP) is 2.02. The molecule has 2 unspecified atom stereocenters. The molecule has 0 spiro atoms. The Kier molecular flexibility index (Phi) is 4.36. The van der Waals surface area contributed by atoms with Crippen molar-refractivity contribution in [3.63, 3.8) is 0 Å². The van der Waals surface area contributed by atoms with Crippen LogP contribution in [0, 0.1) is 5.92 Å². The summed E-state index contributed by atoms with van der Waals surface area (Å²) in [6, 6.07) is 0.299. The fraction of sp³-hybridized carbons (Fsp3) is 0.923. The molecule has 2 atom stereocenters. The van der Waals surface area contributed by atoms with Gasteiger partial charge in [0.1, 0.15) is 0 Å². The molecule has 0 aromatic heterocycles. The molecule has 0 aromatic rings. The van der Waals surface area contributed by atoms with Gasteiger partial charge >= 0.3 is 0 Å². The first-order chi connectivity index (χ1) is 7.38. The lowest BCUT2D eigenvalue weighted by Gasteiger charge is -2.39. The van der Waals surface area contributed by atoms with Crippen LogP contribution < -0.4 is 5.32 Å². The van der Waals surface area contributed by atoms with Gasteiger partial charge in [-0.2, -0.15) is 0 Å². The Bertz CT molecular complexity index is 244. The van der Waals surface area contributed by atoms with Gasteiger partial charge in [0, 0.05) is 13.1 Å². The van der Waals surface area contributed by atoms with E-state index < -0.39 is 0 Å². The van der Waals surface area contributed by atoms with Crippen molar-refractivity contribution in [1.82, 2.24) is 10.2 Å². The Morgan fingerprint density at radius 2 is 1.94 bits per heavy atom. The maximum atomic E-state index is 12.4. The average Bonchev–Trinajstić information content (AvgIpc) is 2.27. The Morgan fingerprint density at radius 3 is 2.38 bits per heavy atom. The Labute approximate surface area is 99.6 Å². The zero-order chi connectivity index (χ0) is 12.3. The number of amides is 1. The van der Waals surface area contributed by atoms with Gasteiger partial charge in [0.05, 0.1) is 5.54 Å². The van der Waals surface area contributed by atoms with Crippen LogP contribution in [0.1, 0.15) is 47.0 Å². The molecule has 1 amide bonds. The number of piperidine rings is 1. The number of carbonyl (C=O) groups excluding carboxylic acids is 1. The van der Waals surface area contributed by atoms with E-state index in [1.54, 1.807) is 0 Å². The van der Waals surface area contributed by atoms with Crippen LogP contribution in [0.2, 0.25) is 0 Å². The van der Waals surface area contributed by atoms with Crippen LogP contribution in [0.3, 0.4) is 0 Å². The molecular formula is C13H26N2O. The highest BCUT2D eigenvalue weighted by atomic mass is 16.2. The first kappa shape index (κ1) is 13.5. The maximum Gasteiger partial charge on any atom is 0.242 e. The van der Waals surface area contributed by atoms with Gasteiger partial charge in [-0.15, -0.1) is 0 Å². The molecule has 1 saturated heterocycles. The molecule has 1 aliphatic rings. The van der Waals surface area contributed by atoms with Gasteiger partial charge in [-0.05, 0) is 45.6 Å². The van der Waals surface area contributed by atoms with E-state index in [1.165, 1.54) is 6.42 Å². The van der Waals surface area contributed by atoms with Crippen LogP contribution in [0.25, 0.3) is 0 Å². The zero-order valence-electron chi connectivity index (χ0n) is 11.3. The van der Waals surface area contributed by atoms with E-state index in [0.717, 1.165) is 19.4 Å². The molecule has 0 bridgehead atoms. The quantitative estimate of drug-likeness (QED) is 0.798. The van der Waals surface area contributed by atoms with Crippen LogP contribution in [0.15, 0.2) is 0 Å². The summed E-state index contributed by atoms with van der Waals surface area (Å²) in [5, 5.41) is 3.38. The Balaban J connectivity index is 2.68. The summed E-state index contributed by atoms with van der Waals surface area (Å²) >= 11 is 0. The van der Waals surface area contributed by atoms with E-state index in [4.69, 9.17) is 0 Å². The van der Waals surface area contributed by atoms with Crippen molar-refractivity contribution in [3.05, 3.63) is 0 Å². The molecule has 0 aromatic carbocycles. The van der Waals surface area contributed by atoms with Crippen LogP contribution in [-0.2, 0) is 4.79 Å². The van der Waals surface area contributed by atoms with Gasteiger partial charge in [0.2, 0.25) is 5.91 Å². The van der Waals surface area contributed by atoms with Gasteiger partial charge in [-0.1, -0.05) is 13.8 Å². The lowest BCUT2D eigenvalue weighted by molar-refractivity contribution is -0.140. The largest absolute Gasteiger partial charge is 0.341 e. The number of hydrogen-bond donors (Lipinski definition) is 1. The van der Waals surface area contributed by atoms with Crippen LogP contribution in [0.4, 0.5) is 0 Å². The minimum Gasteiger partial charge on any atom is -0.341 e. The van der Waals surface area contributed by atoms with E-state index in [0.29, 0.717) is 12.0 Å². The van der Waals surface area contributed by atoms with Crippen molar-refractivity contribution in [2.75, 3.05) is 13.6 Å². The third-order valence-corrected chi connectivity index (χ3v) is 3.99. The molecule has 0 radical (unpaired) electrons. The highest BCUT2D eigenvalue weighted by molar-refractivity contribution is 5.86. The second-order valence-corrected chi connectivity index (χ2v) is 5.62. The van der Waals surface area contributed by atoms with Crippen LogP contribution in [0.5, 0.6) is 0 Å². The molecule has 16 heavy (non-hydrogen) atoms. The average molecular weight is 226 g/mol. The van der Waals surface area contributed by atoms with Crippen molar-refractivity contribution >= 4 is 5.91 Å². The van der Waals surface area contributed by atoms with Gasteiger partial charge < -0.3 is 10.2 Å². The van der Waals surface area contributed by atoms with Crippen molar-refractivity contribution in [3.8, 4) is 0 Å². The fourth-order valence-electron chi connectivity index (χ4n) is 2.26. The predicted molar refractivity (Wildman–Crippen MR) is 67.3 cm³/mol.